The molecule has 4 rings (SSSR count). The lowest BCUT2D eigenvalue weighted by Crippen LogP contribution is -2.36. The fourth-order valence-electron chi connectivity index (χ4n) is 3.39. The minimum absolute atomic E-state index is 0.168. The minimum atomic E-state index is -0.657. The van der Waals surface area contributed by atoms with Crippen molar-refractivity contribution in [2.45, 2.75) is 0 Å². The summed E-state index contributed by atoms with van der Waals surface area (Å²) in [5.74, 6) is -0.312. The fourth-order valence-corrected chi connectivity index (χ4v) is 3.39. The summed E-state index contributed by atoms with van der Waals surface area (Å²) < 4.78 is 10.4. The van der Waals surface area contributed by atoms with Crippen molar-refractivity contribution in [1.82, 2.24) is 5.01 Å². The first-order valence-corrected chi connectivity index (χ1v) is 8.81. The number of carbonyl (C=O) groups excluding carboxylic acids is 2. The number of benzene rings is 3. The molecule has 1 aliphatic rings. The van der Waals surface area contributed by atoms with E-state index in [4.69, 9.17) is 9.47 Å². The Balaban J connectivity index is 1.76. The van der Waals surface area contributed by atoms with Crippen LogP contribution in [-0.4, -0.2) is 42.2 Å². The molecule has 0 spiro atoms. The number of methoxy groups -OCH3 is 2. The Morgan fingerprint density at radius 2 is 1.67 bits per heavy atom. The molecular formula is C21H15N3O6. The molecule has 0 fully saturated rings. The monoisotopic (exact) mass is 405 g/mol. The van der Waals surface area contributed by atoms with E-state index >= 15 is 0 Å². The SMILES string of the molecule is COc1ccc(C=NN2C(=O)c3cccc4c([N+](=O)[O-])ccc(c34)C2=O)cc1OC. The Morgan fingerprint density at radius 3 is 2.33 bits per heavy atom. The van der Waals surface area contributed by atoms with Gasteiger partial charge in [-0.15, -0.1) is 0 Å². The highest BCUT2D eigenvalue weighted by Crippen LogP contribution is 2.35. The molecule has 0 N–H and O–H groups in total. The third-order valence-corrected chi connectivity index (χ3v) is 4.79. The van der Waals surface area contributed by atoms with E-state index in [9.17, 15) is 19.7 Å². The number of hydrogen-bond donors (Lipinski definition) is 0. The van der Waals surface area contributed by atoms with Crippen molar-refractivity contribution in [3.05, 3.63) is 75.3 Å². The maximum Gasteiger partial charge on any atom is 0.282 e. The molecule has 0 unspecified atom stereocenters. The number of ether oxygens (including phenoxy) is 2. The predicted octanol–water partition coefficient (Wildman–Crippen LogP) is 3.40. The van der Waals surface area contributed by atoms with Gasteiger partial charge in [0.15, 0.2) is 11.5 Å². The van der Waals surface area contributed by atoms with Gasteiger partial charge in [-0.25, -0.2) is 0 Å². The van der Waals surface area contributed by atoms with Crippen LogP contribution in [0.15, 0.2) is 53.6 Å². The van der Waals surface area contributed by atoms with Gasteiger partial charge in [-0.1, -0.05) is 6.07 Å². The summed E-state index contributed by atoms with van der Waals surface area (Å²) in [5.41, 5.74) is 0.768. The first-order chi connectivity index (χ1) is 14.5. The lowest BCUT2D eigenvalue weighted by Gasteiger charge is -2.23. The molecule has 3 aromatic carbocycles. The average molecular weight is 405 g/mol. The van der Waals surface area contributed by atoms with Gasteiger partial charge in [-0.2, -0.15) is 10.1 Å². The van der Waals surface area contributed by atoms with Gasteiger partial charge in [0.05, 0.1) is 41.9 Å². The number of nitro groups is 1. The standard InChI is InChI=1S/C21H15N3O6/c1-29-17-9-6-12(10-18(17)30-2)11-22-23-20(25)14-5-3-4-13-16(24(27)28)8-7-15(19(13)14)21(23)26/h3-11H,1-2H3. The largest absolute Gasteiger partial charge is 0.493 e. The van der Waals surface area contributed by atoms with E-state index in [2.05, 4.69) is 5.10 Å². The number of rotatable bonds is 5. The molecule has 0 saturated heterocycles. The molecule has 0 saturated carbocycles. The number of nitrogens with zero attached hydrogens (tertiary/aromatic N) is 3. The van der Waals surface area contributed by atoms with E-state index in [-0.39, 0.29) is 27.6 Å². The first-order valence-electron chi connectivity index (χ1n) is 8.81. The molecule has 30 heavy (non-hydrogen) atoms. The van der Waals surface area contributed by atoms with E-state index < -0.39 is 16.7 Å². The third-order valence-electron chi connectivity index (χ3n) is 4.79. The van der Waals surface area contributed by atoms with Crippen LogP contribution in [0.25, 0.3) is 10.8 Å². The van der Waals surface area contributed by atoms with Crippen molar-refractivity contribution in [2.75, 3.05) is 14.2 Å². The number of imide groups is 1. The molecule has 0 aromatic heterocycles. The molecule has 9 heteroatoms. The molecule has 0 aliphatic carbocycles. The van der Waals surface area contributed by atoms with Gasteiger partial charge in [-0.05, 0) is 42.0 Å². The zero-order valence-corrected chi connectivity index (χ0v) is 16.0. The zero-order chi connectivity index (χ0) is 21.4. The zero-order valence-electron chi connectivity index (χ0n) is 16.0. The second kappa shape index (κ2) is 7.28. The Hall–Kier alpha value is -4.27. The van der Waals surface area contributed by atoms with Crippen molar-refractivity contribution in [1.29, 1.82) is 0 Å². The molecule has 1 heterocycles. The van der Waals surface area contributed by atoms with Crippen molar-refractivity contribution in [3.63, 3.8) is 0 Å². The quantitative estimate of drug-likeness (QED) is 0.278. The summed E-state index contributed by atoms with van der Waals surface area (Å²) in [5, 5.41) is 16.6. The van der Waals surface area contributed by atoms with E-state index in [1.807, 2.05) is 0 Å². The maximum atomic E-state index is 12.9. The summed E-state index contributed by atoms with van der Waals surface area (Å²) in [6, 6.07) is 12.2. The normalized spacial score (nSPS) is 13.2. The Morgan fingerprint density at radius 1 is 0.967 bits per heavy atom. The predicted molar refractivity (Wildman–Crippen MR) is 108 cm³/mol. The van der Waals surface area contributed by atoms with Crippen molar-refractivity contribution < 1.29 is 24.0 Å². The second-order valence-electron chi connectivity index (χ2n) is 6.40. The van der Waals surface area contributed by atoms with E-state index in [0.717, 1.165) is 5.01 Å². The van der Waals surface area contributed by atoms with Crippen LogP contribution in [0.4, 0.5) is 5.69 Å². The minimum Gasteiger partial charge on any atom is -0.493 e. The number of hydrogen-bond acceptors (Lipinski definition) is 7. The van der Waals surface area contributed by atoms with Crippen LogP contribution in [0.1, 0.15) is 26.3 Å². The second-order valence-corrected chi connectivity index (χ2v) is 6.40. The molecule has 9 nitrogen and oxygen atoms in total. The van der Waals surface area contributed by atoms with Crippen LogP contribution < -0.4 is 9.47 Å². The lowest BCUT2D eigenvalue weighted by molar-refractivity contribution is -0.383. The highest BCUT2D eigenvalue weighted by atomic mass is 16.6. The van der Waals surface area contributed by atoms with Crippen LogP contribution in [-0.2, 0) is 0 Å². The Labute approximate surface area is 170 Å². The lowest BCUT2D eigenvalue weighted by atomic mass is 9.94. The molecule has 150 valence electrons. The summed E-state index contributed by atoms with van der Waals surface area (Å²) in [7, 11) is 3.01. The Bertz CT molecular complexity index is 1230. The smallest absolute Gasteiger partial charge is 0.282 e. The van der Waals surface area contributed by atoms with Gasteiger partial charge in [0, 0.05) is 11.5 Å². The van der Waals surface area contributed by atoms with Crippen LogP contribution in [0.2, 0.25) is 0 Å². The van der Waals surface area contributed by atoms with Gasteiger partial charge in [-0.3, -0.25) is 19.7 Å². The number of non-ortho nitro benzene ring substituents is 1. The molecule has 0 radical (unpaired) electrons. The van der Waals surface area contributed by atoms with Gasteiger partial charge in [0.2, 0.25) is 0 Å². The summed E-state index contributed by atoms with van der Waals surface area (Å²) in [6.07, 6.45) is 1.36. The van der Waals surface area contributed by atoms with E-state index in [1.54, 1.807) is 24.3 Å². The molecule has 1 aliphatic heterocycles. The molecule has 0 atom stereocenters. The van der Waals surface area contributed by atoms with Crippen molar-refractivity contribution >= 4 is 34.5 Å². The third kappa shape index (κ3) is 2.93. The summed E-state index contributed by atoms with van der Waals surface area (Å²) in [6.45, 7) is 0. The summed E-state index contributed by atoms with van der Waals surface area (Å²) in [4.78, 5) is 36.6. The van der Waals surface area contributed by atoms with Gasteiger partial charge in [0.25, 0.3) is 17.5 Å². The molecule has 2 amide bonds. The number of amides is 2. The number of hydrazone groups is 1. The van der Waals surface area contributed by atoms with Crippen LogP contribution in [0.5, 0.6) is 11.5 Å². The topological polar surface area (TPSA) is 111 Å². The molecular weight excluding hydrogens is 390 g/mol. The van der Waals surface area contributed by atoms with Crippen LogP contribution in [0, 0.1) is 10.1 Å². The molecule has 0 bridgehead atoms. The van der Waals surface area contributed by atoms with Crippen molar-refractivity contribution in [3.8, 4) is 11.5 Å². The first kappa shape index (κ1) is 19.1. The Kier molecular flexibility index (Phi) is 4.63. The van der Waals surface area contributed by atoms with E-state index in [1.165, 1.54) is 44.7 Å². The highest BCUT2D eigenvalue weighted by Gasteiger charge is 2.34. The van der Waals surface area contributed by atoms with Crippen LogP contribution in [0.3, 0.4) is 0 Å². The fraction of sp³-hybridized carbons (Fsp3) is 0.0952. The van der Waals surface area contributed by atoms with Crippen molar-refractivity contribution in [2.24, 2.45) is 5.10 Å². The van der Waals surface area contributed by atoms with E-state index in [0.29, 0.717) is 17.1 Å². The van der Waals surface area contributed by atoms with Gasteiger partial charge in [0.1, 0.15) is 0 Å². The highest BCUT2D eigenvalue weighted by molar-refractivity contribution is 6.26. The summed E-state index contributed by atoms with van der Waals surface area (Å²) >= 11 is 0. The number of carbonyl (C=O) groups is 2. The van der Waals surface area contributed by atoms with Crippen LogP contribution >= 0.6 is 0 Å². The number of nitro benzene ring substituents is 1. The van der Waals surface area contributed by atoms with Gasteiger partial charge < -0.3 is 9.47 Å². The maximum absolute atomic E-state index is 12.9. The molecule has 3 aromatic rings. The average Bonchev–Trinajstić information content (AvgIpc) is 2.76. The van der Waals surface area contributed by atoms with Gasteiger partial charge >= 0.3 is 0 Å².